The molecule has 134 valence electrons. The smallest absolute Gasteiger partial charge is 0.227 e. The summed E-state index contributed by atoms with van der Waals surface area (Å²) in [6.07, 6.45) is 16.9. The molecule has 4 heteroatoms. The minimum absolute atomic E-state index is 0.0481. The summed E-state index contributed by atoms with van der Waals surface area (Å²) in [5.41, 5.74) is 0.0481. The van der Waals surface area contributed by atoms with Crippen LogP contribution in [0.2, 0.25) is 0 Å². The number of carbonyl (C=O) groups excluding carboxylic acids is 2. The van der Waals surface area contributed by atoms with Crippen LogP contribution in [0.3, 0.4) is 0 Å². The Kier molecular flexibility index (Phi) is 9.81. The van der Waals surface area contributed by atoms with Crippen molar-refractivity contribution in [2.45, 2.75) is 77.6 Å². The first-order valence-corrected chi connectivity index (χ1v) is 9.14. The Hall–Kier alpha value is -1.84. The van der Waals surface area contributed by atoms with Gasteiger partial charge in [0.1, 0.15) is 0 Å². The number of hydrogen-bond donors (Lipinski definition) is 2. The quantitative estimate of drug-likeness (QED) is 0.290. The second kappa shape index (κ2) is 11.7. The van der Waals surface area contributed by atoms with Crippen LogP contribution in [0.25, 0.3) is 0 Å². The Labute approximate surface area is 145 Å². The van der Waals surface area contributed by atoms with Crippen LogP contribution in [-0.2, 0) is 9.59 Å². The molecule has 1 aliphatic rings. The van der Waals surface area contributed by atoms with Crippen LogP contribution in [0.4, 0.5) is 0 Å². The van der Waals surface area contributed by atoms with E-state index in [1.54, 1.807) is 0 Å². The van der Waals surface area contributed by atoms with Gasteiger partial charge in [-0.25, -0.2) is 0 Å². The summed E-state index contributed by atoms with van der Waals surface area (Å²) in [6, 6.07) is 0. The van der Waals surface area contributed by atoms with Gasteiger partial charge in [-0.05, 0) is 38.5 Å². The van der Waals surface area contributed by atoms with Crippen LogP contribution in [0.15, 0.2) is 35.3 Å². The number of unbranched alkanes of at least 4 members (excludes halogenated alkanes) is 8. The van der Waals surface area contributed by atoms with Gasteiger partial charge in [-0.1, -0.05) is 51.2 Å². The van der Waals surface area contributed by atoms with E-state index in [9.17, 15) is 19.8 Å². The van der Waals surface area contributed by atoms with Crippen LogP contribution in [0.1, 0.15) is 77.6 Å². The van der Waals surface area contributed by atoms with Crippen molar-refractivity contribution in [2.75, 3.05) is 0 Å². The highest BCUT2D eigenvalue weighted by atomic mass is 16.3. The zero-order valence-corrected chi connectivity index (χ0v) is 14.7. The summed E-state index contributed by atoms with van der Waals surface area (Å²) in [4.78, 5) is 23.1. The maximum Gasteiger partial charge on any atom is 0.227 e. The van der Waals surface area contributed by atoms with Gasteiger partial charge in [0.25, 0.3) is 0 Å². The number of aliphatic hydroxyl groups is 2. The van der Waals surface area contributed by atoms with Crippen LogP contribution in [0.5, 0.6) is 0 Å². The molecule has 2 N–H and O–H groups in total. The monoisotopic (exact) mass is 334 g/mol. The summed E-state index contributed by atoms with van der Waals surface area (Å²) in [5.74, 6) is -2.40. The first kappa shape index (κ1) is 20.2. The number of aliphatic hydroxyl groups excluding tert-OH is 2. The number of hydrogen-bond acceptors (Lipinski definition) is 4. The number of Topliss-reactive ketones (excluding diaryl/α,β-unsaturated/α-hetero) is 1. The molecule has 0 spiro atoms. The molecule has 0 bridgehead atoms. The van der Waals surface area contributed by atoms with E-state index in [-0.39, 0.29) is 5.57 Å². The Morgan fingerprint density at radius 3 is 2.08 bits per heavy atom. The molecule has 1 rings (SSSR count). The number of carbonyl (C=O) groups is 2. The van der Waals surface area contributed by atoms with Crippen molar-refractivity contribution in [1.29, 1.82) is 0 Å². The van der Waals surface area contributed by atoms with E-state index in [2.05, 4.69) is 19.1 Å². The molecule has 4 nitrogen and oxygen atoms in total. The molecule has 0 unspecified atom stereocenters. The molecule has 0 heterocycles. The van der Waals surface area contributed by atoms with Crippen LogP contribution in [-0.4, -0.2) is 21.8 Å². The van der Waals surface area contributed by atoms with Crippen molar-refractivity contribution in [1.82, 2.24) is 0 Å². The molecule has 0 aromatic rings. The van der Waals surface area contributed by atoms with E-state index >= 15 is 0 Å². The van der Waals surface area contributed by atoms with E-state index in [0.717, 1.165) is 38.2 Å². The van der Waals surface area contributed by atoms with Gasteiger partial charge in [-0.2, -0.15) is 0 Å². The lowest BCUT2D eigenvalue weighted by Gasteiger charge is -2.12. The van der Waals surface area contributed by atoms with Gasteiger partial charge in [-0.3, -0.25) is 9.59 Å². The lowest BCUT2D eigenvalue weighted by molar-refractivity contribution is -0.119. The third kappa shape index (κ3) is 7.16. The van der Waals surface area contributed by atoms with Crippen molar-refractivity contribution < 1.29 is 19.8 Å². The van der Waals surface area contributed by atoms with Gasteiger partial charge >= 0.3 is 0 Å². The van der Waals surface area contributed by atoms with Crippen molar-refractivity contribution in [3.63, 3.8) is 0 Å². The fourth-order valence-corrected chi connectivity index (χ4v) is 2.74. The van der Waals surface area contributed by atoms with Crippen molar-refractivity contribution in [3.8, 4) is 0 Å². The zero-order valence-electron chi connectivity index (χ0n) is 14.7. The van der Waals surface area contributed by atoms with Gasteiger partial charge in [0.05, 0.1) is 0 Å². The molecule has 24 heavy (non-hydrogen) atoms. The van der Waals surface area contributed by atoms with Gasteiger partial charge in [0.15, 0.2) is 11.5 Å². The predicted molar refractivity (Wildman–Crippen MR) is 96.0 cm³/mol. The van der Waals surface area contributed by atoms with Gasteiger partial charge in [0, 0.05) is 11.6 Å². The molecule has 0 atom stereocenters. The lowest BCUT2D eigenvalue weighted by atomic mass is 9.95. The number of ketones is 2. The van der Waals surface area contributed by atoms with Gasteiger partial charge in [-0.15, -0.1) is 0 Å². The molecule has 0 amide bonds. The maximum absolute atomic E-state index is 11.7. The topological polar surface area (TPSA) is 74.6 Å². The van der Waals surface area contributed by atoms with Crippen molar-refractivity contribution >= 4 is 11.6 Å². The van der Waals surface area contributed by atoms with Gasteiger partial charge < -0.3 is 10.2 Å². The third-order valence-corrected chi connectivity index (χ3v) is 4.23. The third-order valence-electron chi connectivity index (χ3n) is 4.23. The minimum atomic E-state index is -0.689. The average Bonchev–Trinajstić information content (AvgIpc) is 2.56. The van der Waals surface area contributed by atoms with Crippen molar-refractivity contribution in [3.05, 3.63) is 35.3 Å². The molecule has 0 fully saturated rings. The van der Waals surface area contributed by atoms with Crippen LogP contribution >= 0.6 is 0 Å². The highest BCUT2D eigenvalue weighted by Crippen LogP contribution is 2.22. The fourth-order valence-electron chi connectivity index (χ4n) is 2.74. The summed E-state index contributed by atoms with van der Waals surface area (Å²) in [6.45, 7) is 2.22. The molecule has 0 saturated heterocycles. The molecular formula is C20H30O4. The molecule has 0 aromatic carbocycles. The predicted octanol–water partition coefficient (Wildman–Crippen LogP) is 5.26. The normalized spacial score (nSPS) is 15.5. The Morgan fingerprint density at radius 2 is 1.46 bits per heavy atom. The Morgan fingerprint density at radius 1 is 0.875 bits per heavy atom. The lowest BCUT2D eigenvalue weighted by Crippen LogP contribution is -2.19. The highest BCUT2D eigenvalue weighted by molar-refractivity contribution is 6.20. The maximum atomic E-state index is 11.7. The van der Waals surface area contributed by atoms with Crippen molar-refractivity contribution in [2.24, 2.45) is 0 Å². The molecule has 0 radical (unpaired) electrons. The Bertz CT molecular complexity index is 512. The standard InChI is InChI=1S/C20H30O4/c1-2-3-4-5-6-7-8-9-10-11-12-13-14-16-19(23)17(21)15-18(22)20(16)24/h7-8,15,21,24H,2-6,9-14H2,1H3/b8-7-. The van der Waals surface area contributed by atoms with E-state index in [1.807, 2.05) is 0 Å². The summed E-state index contributed by atoms with van der Waals surface area (Å²) in [7, 11) is 0. The highest BCUT2D eigenvalue weighted by Gasteiger charge is 2.27. The van der Waals surface area contributed by atoms with E-state index in [0.29, 0.717) is 6.42 Å². The minimum Gasteiger partial charge on any atom is -0.504 e. The molecule has 0 aliphatic heterocycles. The summed E-state index contributed by atoms with van der Waals surface area (Å²) >= 11 is 0. The number of allylic oxidation sites excluding steroid dienone is 4. The molecule has 0 saturated carbocycles. The number of rotatable bonds is 12. The van der Waals surface area contributed by atoms with Crippen LogP contribution < -0.4 is 0 Å². The molecule has 0 aromatic heterocycles. The molecular weight excluding hydrogens is 304 g/mol. The summed E-state index contributed by atoms with van der Waals surface area (Å²) in [5, 5.41) is 19.0. The second-order valence-corrected chi connectivity index (χ2v) is 6.32. The van der Waals surface area contributed by atoms with Gasteiger partial charge in [0.2, 0.25) is 11.6 Å². The first-order valence-electron chi connectivity index (χ1n) is 9.14. The Balaban J connectivity index is 2.10. The first-order chi connectivity index (χ1) is 11.6. The SMILES string of the molecule is CCCCCC/C=C\CCCCCCC1=C(O)C(=O)C=C(O)C1=O. The average molecular weight is 334 g/mol. The largest absolute Gasteiger partial charge is 0.504 e. The summed E-state index contributed by atoms with van der Waals surface area (Å²) < 4.78 is 0. The zero-order chi connectivity index (χ0) is 17.8. The van der Waals surface area contributed by atoms with E-state index < -0.39 is 23.1 Å². The van der Waals surface area contributed by atoms with E-state index in [1.165, 1.54) is 32.1 Å². The second-order valence-electron chi connectivity index (χ2n) is 6.32. The fraction of sp³-hybridized carbons (Fsp3) is 0.600. The molecule has 1 aliphatic carbocycles. The van der Waals surface area contributed by atoms with E-state index in [4.69, 9.17) is 0 Å². The van der Waals surface area contributed by atoms with Crippen LogP contribution in [0, 0.1) is 0 Å².